The minimum Gasteiger partial charge on any atom is -0.359 e. The highest BCUT2D eigenvalue weighted by Gasteiger charge is 2.63. The van der Waals surface area contributed by atoms with Crippen LogP contribution in [0.5, 0.6) is 0 Å². The van der Waals surface area contributed by atoms with E-state index in [4.69, 9.17) is 0 Å². The van der Waals surface area contributed by atoms with Crippen LogP contribution in [0.15, 0.2) is 0 Å². The maximum atomic E-state index is 12.7. The second kappa shape index (κ2) is 5.72. The van der Waals surface area contributed by atoms with Gasteiger partial charge in [-0.05, 0) is 44.1 Å². The van der Waals surface area contributed by atoms with Gasteiger partial charge in [0.25, 0.3) is 0 Å². The summed E-state index contributed by atoms with van der Waals surface area (Å²) in [6.07, 6.45) is 4.23. The number of carbonyl (C=O) groups excluding carboxylic acids is 2. The highest BCUT2D eigenvalue weighted by atomic mass is 16.2. The second-order valence-corrected chi connectivity index (χ2v) is 9.39. The number of piperidine rings is 1. The van der Waals surface area contributed by atoms with Crippen LogP contribution in [-0.4, -0.2) is 61.9 Å². The Kier molecular flexibility index (Phi) is 4.22. The van der Waals surface area contributed by atoms with Crippen molar-refractivity contribution in [3.05, 3.63) is 0 Å². The van der Waals surface area contributed by atoms with Crippen molar-refractivity contribution < 1.29 is 9.59 Å². The van der Waals surface area contributed by atoms with Gasteiger partial charge in [-0.1, -0.05) is 20.8 Å². The summed E-state index contributed by atoms with van der Waals surface area (Å²) in [6, 6.07) is 0. The lowest BCUT2D eigenvalue weighted by atomic mass is 9.65. The number of hydrogen-bond donors (Lipinski definition) is 1. The zero-order chi connectivity index (χ0) is 17.8. The first-order chi connectivity index (χ1) is 11.1. The standard InChI is InChI=1S/C19H33N3O2/c1-17(2,3)16(24)22-10-8-18(9-11-22)6-7-19(15(23)20-4)13-21(5)12-14(18)19/h14H,6-13H2,1-5H3,(H,20,23)/t14-,19+/m0/s1. The van der Waals surface area contributed by atoms with Crippen LogP contribution in [-0.2, 0) is 9.59 Å². The lowest BCUT2D eigenvalue weighted by Crippen LogP contribution is -2.51. The van der Waals surface area contributed by atoms with E-state index in [9.17, 15) is 9.59 Å². The van der Waals surface area contributed by atoms with Gasteiger partial charge in [0.15, 0.2) is 0 Å². The summed E-state index contributed by atoms with van der Waals surface area (Å²) in [6.45, 7) is 9.58. The van der Waals surface area contributed by atoms with Crippen molar-refractivity contribution in [1.82, 2.24) is 15.1 Å². The first-order valence-electron chi connectivity index (χ1n) is 9.35. The molecule has 3 fully saturated rings. The Morgan fingerprint density at radius 1 is 1.08 bits per heavy atom. The Morgan fingerprint density at radius 3 is 2.25 bits per heavy atom. The van der Waals surface area contributed by atoms with Gasteiger partial charge in [-0.15, -0.1) is 0 Å². The molecule has 0 radical (unpaired) electrons. The van der Waals surface area contributed by atoms with Crippen molar-refractivity contribution in [2.45, 2.75) is 46.5 Å². The zero-order valence-electron chi connectivity index (χ0n) is 15.9. The first kappa shape index (κ1) is 17.7. The van der Waals surface area contributed by atoms with Crippen LogP contribution in [0.2, 0.25) is 0 Å². The Labute approximate surface area is 146 Å². The smallest absolute Gasteiger partial charge is 0.227 e. The predicted molar refractivity (Wildman–Crippen MR) is 94.4 cm³/mol. The van der Waals surface area contributed by atoms with E-state index >= 15 is 0 Å². The van der Waals surface area contributed by atoms with E-state index in [0.717, 1.165) is 51.9 Å². The molecule has 2 heterocycles. The van der Waals surface area contributed by atoms with E-state index in [2.05, 4.69) is 17.3 Å². The zero-order valence-corrected chi connectivity index (χ0v) is 15.9. The van der Waals surface area contributed by atoms with Gasteiger partial charge >= 0.3 is 0 Å². The number of rotatable bonds is 1. The molecule has 1 saturated carbocycles. The Hall–Kier alpha value is -1.10. The summed E-state index contributed by atoms with van der Waals surface area (Å²) in [7, 11) is 3.90. The molecule has 0 unspecified atom stereocenters. The molecule has 1 spiro atoms. The molecular weight excluding hydrogens is 302 g/mol. The van der Waals surface area contributed by atoms with Crippen LogP contribution in [0.25, 0.3) is 0 Å². The number of amides is 2. The van der Waals surface area contributed by atoms with Gasteiger partial charge in [-0.25, -0.2) is 0 Å². The normalized spacial score (nSPS) is 32.9. The summed E-state index contributed by atoms with van der Waals surface area (Å²) in [4.78, 5) is 29.6. The summed E-state index contributed by atoms with van der Waals surface area (Å²) >= 11 is 0. The molecule has 2 atom stereocenters. The third-order valence-corrected chi connectivity index (χ3v) is 6.89. The van der Waals surface area contributed by atoms with Crippen LogP contribution in [0, 0.1) is 22.2 Å². The van der Waals surface area contributed by atoms with Gasteiger partial charge in [0.2, 0.25) is 11.8 Å². The van der Waals surface area contributed by atoms with Gasteiger partial charge in [0, 0.05) is 38.6 Å². The second-order valence-electron chi connectivity index (χ2n) is 9.39. The summed E-state index contributed by atoms with van der Waals surface area (Å²) in [5.74, 6) is 0.917. The first-order valence-corrected chi connectivity index (χ1v) is 9.35. The summed E-state index contributed by atoms with van der Waals surface area (Å²) in [5.41, 5.74) is -0.273. The van der Waals surface area contributed by atoms with E-state index in [-0.39, 0.29) is 28.1 Å². The summed E-state index contributed by atoms with van der Waals surface area (Å²) in [5, 5.41) is 2.93. The number of nitrogens with zero attached hydrogens (tertiary/aromatic N) is 2. The average molecular weight is 335 g/mol. The van der Waals surface area contributed by atoms with Gasteiger partial charge in [-0.2, -0.15) is 0 Å². The van der Waals surface area contributed by atoms with Gasteiger partial charge in [0.1, 0.15) is 0 Å². The molecule has 2 amide bonds. The SMILES string of the molecule is CNC(=O)[C@@]12CCC3(CCN(C(=O)C(C)(C)C)CC3)[C@@H]1CN(C)C2. The maximum absolute atomic E-state index is 12.7. The molecule has 3 aliphatic rings. The van der Waals surface area contributed by atoms with E-state index in [1.165, 1.54) is 0 Å². The van der Waals surface area contributed by atoms with Crippen LogP contribution in [0.4, 0.5) is 0 Å². The van der Waals surface area contributed by atoms with E-state index < -0.39 is 0 Å². The molecule has 0 aromatic rings. The van der Waals surface area contributed by atoms with Crippen LogP contribution >= 0.6 is 0 Å². The fourth-order valence-corrected chi connectivity index (χ4v) is 5.64. The van der Waals surface area contributed by atoms with Gasteiger partial charge < -0.3 is 15.1 Å². The van der Waals surface area contributed by atoms with Crippen LogP contribution in [0.1, 0.15) is 46.5 Å². The number of carbonyl (C=O) groups is 2. The molecule has 2 aliphatic heterocycles. The fourth-order valence-electron chi connectivity index (χ4n) is 5.64. The molecule has 24 heavy (non-hydrogen) atoms. The van der Waals surface area contributed by atoms with Crippen LogP contribution in [0.3, 0.4) is 0 Å². The topological polar surface area (TPSA) is 52.7 Å². The quantitative estimate of drug-likeness (QED) is 0.794. The minimum absolute atomic E-state index is 0.209. The third kappa shape index (κ3) is 2.56. The van der Waals surface area contributed by atoms with E-state index in [1.54, 1.807) is 7.05 Å². The highest BCUT2D eigenvalue weighted by molar-refractivity contribution is 5.84. The molecule has 1 N–H and O–H groups in total. The predicted octanol–water partition coefficient (Wildman–Crippen LogP) is 1.73. The lowest BCUT2D eigenvalue weighted by molar-refractivity contribution is -0.143. The molecule has 0 bridgehead atoms. The molecule has 136 valence electrons. The summed E-state index contributed by atoms with van der Waals surface area (Å²) < 4.78 is 0. The van der Waals surface area contributed by atoms with Crippen LogP contribution < -0.4 is 5.32 Å². The average Bonchev–Trinajstić information content (AvgIpc) is 3.02. The molecule has 2 saturated heterocycles. The van der Waals surface area contributed by atoms with E-state index in [0.29, 0.717) is 5.92 Å². The fraction of sp³-hybridized carbons (Fsp3) is 0.895. The minimum atomic E-state index is -0.306. The number of hydrogen-bond acceptors (Lipinski definition) is 3. The maximum Gasteiger partial charge on any atom is 0.227 e. The molecule has 0 aromatic heterocycles. The third-order valence-electron chi connectivity index (χ3n) is 6.89. The van der Waals surface area contributed by atoms with Crippen molar-refractivity contribution in [1.29, 1.82) is 0 Å². The monoisotopic (exact) mass is 335 g/mol. The molecular formula is C19H33N3O2. The molecule has 1 aliphatic carbocycles. The van der Waals surface area contributed by atoms with Crippen molar-refractivity contribution >= 4 is 11.8 Å². The largest absolute Gasteiger partial charge is 0.359 e. The van der Waals surface area contributed by atoms with Gasteiger partial charge in [-0.3, -0.25) is 9.59 Å². The van der Waals surface area contributed by atoms with Crippen molar-refractivity contribution in [3.8, 4) is 0 Å². The Bertz CT molecular complexity index is 531. The lowest BCUT2D eigenvalue weighted by Gasteiger charge is -2.45. The van der Waals surface area contributed by atoms with Crippen molar-refractivity contribution in [2.24, 2.45) is 22.2 Å². The van der Waals surface area contributed by atoms with Gasteiger partial charge in [0.05, 0.1) is 5.41 Å². The Balaban J connectivity index is 1.77. The number of fused-ring (bicyclic) bond motifs is 2. The van der Waals surface area contributed by atoms with E-state index in [1.807, 2.05) is 25.7 Å². The molecule has 3 rings (SSSR count). The molecule has 5 heteroatoms. The van der Waals surface area contributed by atoms with Crippen molar-refractivity contribution in [3.63, 3.8) is 0 Å². The molecule has 0 aromatic carbocycles. The van der Waals surface area contributed by atoms with Crippen molar-refractivity contribution in [2.75, 3.05) is 40.3 Å². The Morgan fingerprint density at radius 2 is 1.71 bits per heavy atom. The highest BCUT2D eigenvalue weighted by Crippen LogP contribution is 2.61. The number of likely N-dealkylation sites (tertiary alicyclic amines) is 2. The molecule has 5 nitrogen and oxygen atoms in total. The number of nitrogens with one attached hydrogen (secondary N) is 1.